The number of aliphatic hydroxyl groups excluding tert-OH is 1. The number of aliphatic hydroxyl groups is 1. The molecule has 1 aromatic heterocycles. The molecule has 3 heteroatoms. The van der Waals surface area contributed by atoms with E-state index in [-0.39, 0.29) is 6.61 Å². The number of hydrogen-bond donors (Lipinski definition) is 2. The predicted molar refractivity (Wildman–Crippen MR) is 74.1 cm³/mol. The topological polar surface area (TPSA) is 45.2 Å². The van der Waals surface area contributed by atoms with Gasteiger partial charge in [-0.05, 0) is 42.2 Å². The van der Waals surface area contributed by atoms with E-state index in [1.807, 2.05) is 36.7 Å². The minimum Gasteiger partial charge on any atom is -0.396 e. The lowest BCUT2D eigenvalue weighted by atomic mass is 10.1. The van der Waals surface area contributed by atoms with E-state index in [1.54, 1.807) is 0 Å². The summed E-state index contributed by atoms with van der Waals surface area (Å²) in [5.74, 6) is 0. The van der Waals surface area contributed by atoms with Crippen molar-refractivity contribution >= 4 is 11.4 Å². The molecule has 1 aromatic carbocycles. The number of nitrogens with one attached hydrogen (secondary N) is 1. The molecule has 18 heavy (non-hydrogen) atoms. The van der Waals surface area contributed by atoms with Crippen molar-refractivity contribution in [2.24, 2.45) is 0 Å². The first-order valence-corrected chi connectivity index (χ1v) is 6.22. The smallest absolute Gasteiger partial charge is 0.0573 e. The molecule has 0 amide bonds. The van der Waals surface area contributed by atoms with Crippen LogP contribution < -0.4 is 5.32 Å². The molecule has 0 saturated carbocycles. The summed E-state index contributed by atoms with van der Waals surface area (Å²) in [4.78, 5) is 4.20. The second-order valence-electron chi connectivity index (χ2n) is 4.23. The second-order valence-corrected chi connectivity index (χ2v) is 4.23. The molecule has 2 aromatic rings. The number of rotatable bonds is 5. The van der Waals surface area contributed by atoms with Gasteiger partial charge in [-0.2, -0.15) is 0 Å². The third-order valence-electron chi connectivity index (χ3n) is 2.85. The van der Waals surface area contributed by atoms with Gasteiger partial charge < -0.3 is 10.4 Å². The lowest BCUT2D eigenvalue weighted by molar-refractivity contribution is 0.299. The maximum absolute atomic E-state index is 8.86. The molecule has 0 unspecified atom stereocenters. The van der Waals surface area contributed by atoms with Crippen LogP contribution in [0, 0.1) is 0 Å². The van der Waals surface area contributed by atoms with Crippen LogP contribution in [-0.4, -0.2) is 16.7 Å². The predicted octanol–water partition coefficient (Wildman–Crippen LogP) is 2.92. The van der Waals surface area contributed by atoms with Crippen LogP contribution in [-0.2, 0) is 12.8 Å². The fraction of sp³-hybridized carbons (Fsp3) is 0.267. The van der Waals surface area contributed by atoms with Gasteiger partial charge in [0.15, 0.2) is 0 Å². The molecule has 0 atom stereocenters. The molecule has 0 spiro atoms. The zero-order valence-corrected chi connectivity index (χ0v) is 10.6. The maximum atomic E-state index is 8.86. The van der Waals surface area contributed by atoms with E-state index in [9.17, 15) is 0 Å². The van der Waals surface area contributed by atoms with Crippen molar-refractivity contribution in [1.29, 1.82) is 0 Å². The quantitative estimate of drug-likeness (QED) is 0.847. The molecule has 0 aliphatic heterocycles. The number of aromatic nitrogens is 1. The first-order valence-electron chi connectivity index (χ1n) is 6.22. The van der Waals surface area contributed by atoms with E-state index in [0.717, 1.165) is 23.4 Å². The number of nitrogens with zero attached hydrogens (tertiary/aromatic N) is 1. The highest BCUT2D eigenvalue weighted by atomic mass is 16.2. The van der Waals surface area contributed by atoms with Gasteiger partial charge in [-0.1, -0.05) is 19.1 Å². The fourth-order valence-electron chi connectivity index (χ4n) is 1.80. The van der Waals surface area contributed by atoms with Gasteiger partial charge >= 0.3 is 0 Å². The molecule has 94 valence electrons. The summed E-state index contributed by atoms with van der Waals surface area (Å²) >= 11 is 0. The second kappa shape index (κ2) is 6.17. The van der Waals surface area contributed by atoms with Crippen molar-refractivity contribution in [3.8, 4) is 0 Å². The Kier molecular flexibility index (Phi) is 4.31. The number of anilines is 2. The van der Waals surface area contributed by atoms with Crippen LogP contribution in [0.2, 0.25) is 0 Å². The minimum absolute atomic E-state index is 0.190. The van der Waals surface area contributed by atoms with Gasteiger partial charge in [-0.25, -0.2) is 0 Å². The van der Waals surface area contributed by atoms with Crippen molar-refractivity contribution in [3.63, 3.8) is 0 Å². The van der Waals surface area contributed by atoms with Crippen LogP contribution in [0.25, 0.3) is 0 Å². The molecule has 2 N–H and O–H groups in total. The summed E-state index contributed by atoms with van der Waals surface area (Å²) in [5, 5.41) is 12.2. The van der Waals surface area contributed by atoms with Crippen LogP contribution in [0.15, 0.2) is 42.7 Å². The van der Waals surface area contributed by atoms with E-state index < -0.39 is 0 Å². The standard InChI is InChI=1S/C15H18N2O/c1-2-12-9-15(11-16-10-12)17-14-5-3-13(4-6-14)7-8-18/h3-6,9-11,17-18H,2,7-8H2,1H3. The van der Waals surface area contributed by atoms with Gasteiger partial charge in [-0.15, -0.1) is 0 Å². The minimum atomic E-state index is 0.190. The molecule has 3 nitrogen and oxygen atoms in total. The van der Waals surface area contributed by atoms with Crippen LogP contribution >= 0.6 is 0 Å². The Bertz CT molecular complexity index is 494. The SMILES string of the molecule is CCc1cncc(Nc2ccc(CCO)cc2)c1. The maximum Gasteiger partial charge on any atom is 0.0573 e. The molecule has 0 fully saturated rings. The monoisotopic (exact) mass is 242 g/mol. The Morgan fingerprint density at radius 3 is 2.50 bits per heavy atom. The molecule has 2 rings (SSSR count). The van der Waals surface area contributed by atoms with E-state index >= 15 is 0 Å². The van der Waals surface area contributed by atoms with E-state index in [4.69, 9.17) is 5.11 Å². The van der Waals surface area contributed by atoms with Crippen molar-refractivity contribution in [2.45, 2.75) is 19.8 Å². The summed E-state index contributed by atoms with van der Waals surface area (Å²) in [7, 11) is 0. The van der Waals surface area contributed by atoms with E-state index in [0.29, 0.717) is 6.42 Å². The normalized spacial score (nSPS) is 10.3. The first-order chi connectivity index (χ1) is 8.81. The molecule has 0 saturated heterocycles. The zero-order chi connectivity index (χ0) is 12.8. The largest absolute Gasteiger partial charge is 0.396 e. The van der Waals surface area contributed by atoms with Gasteiger partial charge in [0.2, 0.25) is 0 Å². The number of hydrogen-bond acceptors (Lipinski definition) is 3. The number of aryl methyl sites for hydroxylation is 1. The van der Waals surface area contributed by atoms with E-state index in [2.05, 4.69) is 23.3 Å². The van der Waals surface area contributed by atoms with Crippen molar-refractivity contribution in [2.75, 3.05) is 11.9 Å². The lowest BCUT2D eigenvalue weighted by Crippen LogP contribution is -1.94. The average Bonchev–Trinajstić information content (AvgIpc) is 2.42. The van der Waals surface area contributed by atoms with Crippen LogP contribution in [0.1, 0.15) is 18.1 Å². The Balaban J connectivity index is 2.08. The lowest BCUT2D eigenvalue weighted by Gasteiger charge is -2.08. The zero-order valence-electron chi connectivity index (χ0n) is 10.6. The van der Waals surface area contributed by atoms with Crippen LogP contribution in [0.4, 0.5) is 11.4 Å². The van der Waals surface area contributed by atoms with Gasteiger partial charge in [0.05, 0.1) is 11.9 Å². The number of pyridine rings is 1. The van der Waals surface area contributed by atoms with E-state index in [1.165, 1.54) is 5.56 Å². The highest BCUT2D eigenvalue weighted by molar-refractivity contribution is 5.59. The van der Waals surface area contributed by atoms with Gasteiger partial charge in [0.25, 0.3) is 0 Å². The third kappa shape index (κ3) is 3.31. The van der Waals surface area contributed by atoms with Gasteiger partial charge in [0.1, 0.15) is 0 Å². The number of benzene rings is 1. The molecule has 0 radical (unpaired) electrons. The Labute approximate surface area is 108 Å². The molecular weight excluding hydrogens is 224 g/mol. The van der Waals surface area contributed by atoms with Crippen LogP contribution in [0.3, 0.4) is 0 Å². The first kappa shape index (κ1) is 12.6. The summed E-state index contributed by atoms with van der Waals surface area (Å²) in [6, 6.07) is 10.2. The highest BCUT2D eigenvalue weighted by Crippen LogP contribution is 2.17. The summed E-state index contributed by atoms with van der Waals surface area (Å²) < 4.78 is 0. The average molecular weight is 242 g/mol. The molecule has 0 aliphatic rings. The fourth-order valence-corrected chi connectivity index (χ4v) is 1.80. The summed E-state index contributed by atoms with van der Waals surface area (Å²) in [6.45, 7) is 2.31. The Morgan fingerprint density at radius 2 is 1.83 bits per heavy atom. The van der Waals surface area contributed by atoms with Crippen molar-refractivity contribution < 1.29 is 5.11 Å². The van der Waals surface area contributed by atoms with Gasteiger partial charge in [-0.3, -0.25) is 4.98 Å². The summed E-state index contributed by atoms with van der Waals surface area (Å²) in [5.41, 5.74) is 4.40. The van der Waals surface area contributed by atoms with Crippen molar-refractivity contribution in [3.05, 3.63) is 53.9 Å². The molecule has 0 bridgehead atoms. The Morgan fingerprint density at radius 1 is 1.06 bits per heavy atom. The highest BCUT2D eigenvalue weighted by Gasteiger charge is 1.97. The molecule has 0 aliphatic carbocycles. The van der Waals surface area contributed by atoms with Gasteiger partial charge in [0, 0.05) is 18.5 Å². The Hall–Kier alpha value is -1.87. The van der Waals surface area contributed by atoms with Crippen LogP contribution in [0.5, 0.6) is 0 Å². The third-order valence-corrected chi connectivity index (χ3v) is 2.85. The summed E-state index contributed by atoms with van der Waals surface area (Å²) in [6.07, 6.45) is 5.39. The molecular formula is C15H18N2O. The van der Waals surface area contributed by atoms with Crippen molar-refractivity contribution in [1.82, 2.24) is 4.98 Å². The molecule has 1 heterocycles.